The Balaban J connectivity index is 1.35. The maximum atomic E-state index is 12.2. The molecule has 6 heteroatoms. The van der Waals surface area contributed by atoms with Crippen molar-refractivity contribution in [2.45, 2.75) is 44.9 Å². The first kappa shape index (κ1) is 22.9. The largest absolute Gasteiger partial charge is 0.331 e. The third-order valence-electron chi connectivity index (χ3n) is 6.48. The van der Waals surface area contributed by atoms with Crippen LogP contribution in [0.5, 0.6) is 0 Å². The van der Waals surface area contributed by atoms with Crippen LogP contribution in [-0.2, 0) is 6.42 Å². The Labute approximate surface area is 189 Å². The van der Waals surface area contributed by atoms with E-state index in [1.54, 1.807) is 4.90 Å². The Hall–Kier alpha value is -0.780. The summed E-state index contributed by atoms with van der Waals surface area (Å²) in [5.74, 6) is 1.43. The maximum Gasteiger partial charge on any atom is 0.319 e. The third kappa shape index (κ3) is 6.86. The molecule has 1 aromatic carbocycles. The molecule has 2 aliphatic heterocycles. The van der Waals surface area contributed by atoms with Crippen LogP contribution in [0.15, 0.2) is 22.7 Å². The molecule has 1 aromatic rings. The zero-order valence-electron chi connectivity index (χ0n) is 17.9. The topological polar surface area (TPSA) is 26.8 Å². The molecule has 0 radical (unpaired) electrons. The van der Waals surface area contributed by atoms with Crippen LogP contribution in [0.25, 0.3) is 0 Å². The molecular formula is C23H35BrClN3O. The Morgan fingerprint density at radius 2 is 1.93 bits per heavy atom. The zero-order chi connectivity index (χ0) is 20.8. The fraction of sp³-hybridized carbons (Fsp3) is 0.696. The molecule has 0 aliphatic carbocycles. The summed E-state index contributed by atoms with van der Waals surface area (Å²) in [6.45, 7) is 5.47. The van der Waals surface area contributed by atoms with Gasteiger partial charge in [-0.25, -0.2) is 4.79 Å². The molecule has 2 heterocycles. The van der Waals surface area contributed by atoms with Gasteiger partial charge in [0.05, 0.1) is 0 Å². The smallest absolute Gasteiger partial charge is 0.319 e. The Morgan fingerprint density at radius 3 is 2.66 bits per heavy atom. The number of rotatable bonds is 6. The van der Waals surface area contributed by atoms with Gasteiger partial charge in [-0.1, -0.05) is 27.5 Å². The van der Waals surface area contributed by atoms with Crippen LogP contribution >= 0.6 is 27.5 Å². The zero-order valence-corrected chi connectivity index (χ0v) is 20.2. The van der Waals surface area contributed by atoms with Crippen LogP contribution in [0.2, 0.25) is 5.02 Å². The van der Waals surface area contributed by atoms with Crippen molar-refractivity contribution in [1.82, 2.24) is 14.7 Å². The van der Waals surface area contributed by atoms with E-state index in [1.807, 2.05) is 25.1 Å². The molecule has 1 atom stereocenters. The highest BCUT2D eigenvalue weighted by Gasteiger charge is 2.25. The number of benzene rings is 1. The van der Waals surface area contributed by atoms with E-state index < -0.39 is 0 Å². The van der Waals surface area contributed by atoms with Gasteiger partial charge in [0.25, 0.3) is 0 Å². The summed E-state index contributed by atoms with van der Waals surface area (Å²) in [4.78, 5) is 18.6. The van der Waals surface area contributed by atoms with E-state index in [4.69, 9.17) is 11.6 Å². The minimum atomic E-state index is 0.170. The van der Waals surface area contributed by atoms with Crippen LogP contribution in [0.4, 0.5) is 4.79 Å². The van der Waals surface area contributed by atoms with E-state index in [-0.39, 0.29) is 6.03 Å². The van der Waals surface area contributed by atoms with Gasteiger partial charge in [-0.2, -0.15) is 0 Å². The molecule has 2 saturated heterocycles. The Bertz CT molecular complexity index is 676. The van der Waals surface area contributed by atoms with E-state index in [0.717, 1.165) is 36.9 Å². The lowest BCUT2D eigenvalue weighted by Crippen LogP contribution is -2.45. The molecule has 29 heavy (non-hydrogen) atoms. The summed E-state index contributed by atoms with van der Waals surface area (Å²) in [7, 11) is 3.70. The summed E-state index contributed by atoms with van der Waals surface area (Å²) >= 11 is 9.83. The SMILES string of the molecule is CN(C)C(=O)N1CCCC(CCCN2CCC(Cc3cc(Cl)ccc3Br)CC2)C1. The molecule has 162 valence electrons. The van der Waals surface area contributed by atoms with E-state index in [9.17, 15) is 4.79 Å². The van der Waals surface area contributed by atoms with Gasteiger partial charge >= 0.3 is 6.03 Å². The lowest BCUT2D eigenvalue weighted by Gasteiger charge is -2.35. The minimum Gasteiger partial charge on any atom is -0.331 e. The average Bonchev–Trinajstić information content (AvgIpc) is 2.71. The molecule has 3 rings (SSSR count). The predicted octanol–water partition coefficient (Wildman–Crippen LogP) is 5.53. The highest BCUT2D eigenvalue weighted by atomic mass is 79.9. The van der Waals surface area contributed by atoms with E-state index in [1.165, 1.54) is 61.8 Å². The van der Waals surface area contributed by atoms with Crippen LogP contribution in [0.1, 0.15) is 44.1 Å². The second kappa shape index (κ2) is 11.0. The molecule has 0 N–H and O–H groups in total. The molecule has 0 spiro atoms. The molecule has 4 nitrogen and oxygen atoms in total. The molecule has 2 fully saturated rings. The van der Waals surface area contributed by atoms with Crippen molar-refractivity contribution in [3.8, 4) is 0 Å². The molecule has 2 amide bonds. The monoisotopic (exact) mass is 483 g/mol. The molecule has 0 bridgehead atoms. The quantitative estimate of drug-likeness (QED) is 0.531. The third-order valence-corrected chi connectivity index (χ3v) is 7.49. The highest BCUT2D eigenvalue weighted by Crippen LogP contribution is 2.28. The number of carbonyl (C=O) groups is 1. The van der Waals surface area contributed by atoms with Gasteiger partial charge in [0.15, 0.2) is 0 Å². The normalized spacial score (nSPS) is 21.4. The summed E-state index contributed by atoms with van der Waals surface area (Å²) in [6, 6.07) is 6.28. The van der Waals surface area contributed by atoms with E-state index >= 15 is 0 Å². The number of nitrogens with zero attached hydrogens (tertiary/aromatic N) is 3. The van der Waals surface area contributed by atoms with Gasteiger partial charge in [0.2, 0.25) is 0 Å². The predicted molar refractivity (Wildman–Crippen MR) is 125 cm³/mol. The van der Waals surface area contributed by atoms with Crippen LogP contribution < -0.4 is 0 Å². The first-order valence-corrected chi connectivity index (χ1v) is 12.2. The molecule has 1 unspecified atom stereocenters. The van der Waals surface area contributed by atoms with Gasteiger partial charge < -0.3 is 14.7 Å². The summed E-state index contributed by atoms with van der Waals surface area (Å²) < 4.78 is 1.18. The lowest BCUT2D eigenvalue weighted by molar-refractivity contribution is 0.135. The van der Waals surface area contributed by atoms with E-state index in [2.05, 4.69) is 33.0 Å². The Kier molecular flexibility index (Phi) is 8.70. The van der Waals surface area contributed by atoms with Crippen LogP contribution in [0, 0.1) is 11.8 Å². The number of hydrogen-bond donors (Lipinski definition) is 0. The second-order valence-corrected chi connectivity index (χ2v) is 10.3. The maximum absolute atomic E-state index is 12.2. The van der Waals surface area contributed by atoms with Gasteiger partial charge in [0, 0.05) is 36.7 Å². The van der Waals surface area contributed by atoms with Gasteiger partial charge in [-0.05, 0) is 100 Å². The van der Waals surface area contributed by atoms with Gasteiger partial charge in [0.1, 0.15) is 0 Å². The summed E-state index contributed by atoms with van der Waals surface area (Å²) in [5, 5.41) is 0.828. The van der Waals surface area contributed by atoms with Gasteiger partial charge in [-0.15, -0.1) is 0 Å². The first-order valence-electron chi connectivity index (χ1n) is 11.0. The fourth-order valence-electron chi connectivity index (χ4n) is 4.79. The number of piperidine rings is 2. The van der Waals surface area contributed by atoms with Crippen molar-refractivity contribution < 1.29 is 4.79 Å². The number of likely N-dealkylation sites (tertiary alicyclic amines) is 2. The number of amides is 2. The van der Waals surface area contributed by atoms with Crippen molar-refractivity contribution in [2.75, 3.05) is 46.8 Å². The average molecular weight is 485 g/mol. The van der Waals surface area contributed by atoms with Crippen molar-refractivity contribution in [1.29, 1.82) is 0 Å². The second-order valence-electron chi connectivity index (χ2n) is 9.00. The fourth-order valence-corrected chi connectivity index (χ4v) is 5.39. The standard InChI is InChI=1S/C23H35BrClN3O/c1-26(2)23(29)28-12-4-6-19(17-28)5-3-11-27-13-9-18(10-14-27)15-20-16-21(25)7-8-22(20)24/h7-8,16,18-19H,3-6,9-15,17H2,1-2H3. The number of halogens is 2. The lowest BCUT2D eigenvalue weighted by atomic mass is 9.89. The summed E-state index contributed by atoms with van der Waals surface area (Å²) in [5.41, 5.74) is 1.34. The van der Waals surface area contributed by atoms with Crippen molar-refractivity contribution in [3.05, 3.63) is 33.3 Å². The van der Waals surface area contributed by atoms with Crippen LogP contribution in [-0.4, -0.2) is 67.5 Å². The molecule has 2 aliphatic rings. The van der Waals surface area contributed by atoms with Crippen molar-refractivity contribution >= 4 is 33.6 Å². The molecule has 0 aromatic heterocycles. The van der Waals surface area contributed by atoms with Gasteiger partial charge in [-0.3, -0.25) is 0 Å². The van der Waals surface area contributed by atoms with Crippen molar-refractivity contribution in [3.63, 3.8) is 0 Å². The van der Waals surface area contributed by atoms with E-state index in [0.29, 0.717) is 5.92 Å². The number of urea groups is 1. The minimum absolute atomic E-state index is 0.170. The number of carbonyl (C=O) groups excluding carboxylic acids is 1. The molecule has 0 saturated carbocycles. The molecular weight excluding hydrogens is 450 g/mol. The Morgan fingerprint density at radius 1 is 1.17 bits per heavy atom. The number of hydrogen-bond acceptors (Lipinski definition) is 2. The first-order chi connectivity index (χ1) is 13.9. The van der Waals surface area contributed by atoms with Crippen LogP contribution in [0.3, 0.4) is 0 Å². The summed E-state index contributed by atoms with van der Waals surface area (Å²) in [6.07, 6.45) is 8.57. The van der Waals surface area contributed by atoms with Crippen molar-refractivity contribution in [2.24, 2.45) is 11.8 Å². The highest BCUT2D eigenvalue weighted by molar-refractivity contribution is 9.10.